The Labute approximate surface area is 173 Å². The number of para-hydroxylation sites is 1. The van der Waals surface area contributed by atoms with Crippen LogP contribution in [0.5, 0.6) is 5.75 Å². The summed E-state index contributed by atoms with van der Waals surface area (Å²) in [5.74, 6) is 0.464. The molecule has 0 atom stereocenters. The van der Waals surface area contributed by atoms with Gasteiger partial charge in [0.15, 0.2) is 0 Å². The van der Waals surface area contributed by atoms with Crippen LogP contribution in [-0.4, -0.2) is 17.5 Å². The second-order valence-electron chi connectivity index (χ2n) is 7.24. The maximum absolute atomic E-state index is 13.3. The number of amides is 1. The van der Waals surface area contributed by atoms with Crippen LogP contribution < -0.4 is 10.1 Å². The SMILES string of the molecule is CCOc1ccccc1-c1nc(CC(=O)NC2(c3ccc(F)cc3)CCC2)cs1. The van der Waals surface area contributed by atoms with Crippen molar-refractivity contribution < 1.29 is 13.9 Å². The molecule has 150 valence electrons. The molecule has 1 heterocycles. The lowest BCUT2D eigenvalue weighted by Crippen LogP contribution is -2.51. The van der Waals surface area contributed by atoms with E-state index in [0.29, 0.717) is 6.61 Å². The number of nitrogens with zero attached hydrogens (tertiary/aromatic N) is 1. The molecule has 4 nitrogen and oxygen atoms in total. The maximum Gasteiger partial charge on any atom is 0.226 e. The Morgan fingerprint density at radius 3 is 2.66 bits per heavy atom. The molecule has 0 radical (unpaired) electrons. The minimum atomic E-state index is -0.384. The molecule has 6 heteroatoms. The quantitative estimate of drug-likeness (QED) is 0.591. The van der Waals surface area contributed by atoms with E-state index in [1.54, 1.807) is 12.1 Å². The summed E-state index contributed by atoms with van der Waals surface area (Å²) in [7, 11) is 0. The first kappa shape index (κ1) is 19.6. The van der Waals surface area contributed by atoms with Gasteiger partial charge in [0.2, 0.25) is 5.91 Å². The van der Waals surface area contributed by atoms with Crippen molar-refractivity contribution in [3.05, 3.63) is 71.0 Å². The van der Waals surface area contributed by atoms with Crippen molar-refractivity contribution in [2.75, 3.05) is 6.61 Å². The minimum absolute atomic E-state index is 0.0658. The van der Waals surface area contributed by atoms with Crippen molar-refractivity contribution in [2.24, 2.45) is 0 Å². The van der Waals surface area contributed by atoms with Gasteiger partial charge in [-0.15, -0.1) is 11.3 Å². The van der Waals surface area contributed by atoms with Crippen molar-refractivity contribution in [3.63, 3.8) is 0 Å². The van der Waals surface area contributed by atoms with Gasteiger partial charge in [-0.3, -0.25) is 4.79 Å². The van der Waals surface area contributed by atoms with Crippen LogP contribution >= 0.6 is 11.3 Å². The number of benzene rings is 2. The fraction of sp³-hybridized carbons (Fsp3) is 0.304. The van der Waals surface area contributed by atoms with Crippen molar-refractivity contribution >= 4 is 17.2 Å². The van der Waals surface area contributed by atoms with Crippen LogP contribution in [0.2, 0.25) is 0 Å². The largest absolute Gasteiger partial charge is 0.493 e. The van der Waals surface area contributed by atoms with Crippen LogP contribution in [-0.2, 0) is 16.8 Å². The summed E-state index contributed by atoms with van der Waals surface area (Å²) in [6.07, 6.45) is 3.01. The zero-order valence-electron chi connectivity index (χ0n) is 16.3. The Morgan fingerprint density at radius 1 is 1.21 bits per heavy atom. The predicted octanol–water partition coefficient (Wildman–Crippen LogP) is 5.09. The van der Waals surface area contributed by atoms with E-state index in [1.807, 2.05) is 36.6 Å². The third-order valence-corrected chi connectivity index (χ3v) is 6.22. The molecule has 1 saturated carbocycles. The molecule has 2 aromatic carbocycles. The Morgan fingerprint density at radius 2 is 1.97 bits per heavy atom. The highest BCUT2D eigenvalue weighted by Gasteiger charge is 2.40. The van der Waals surface area contributed by atoms with Crippen LogP contribution in [0.3, 0.4) is 0 Å². The summed E-state index contributed by atoms with van der Waals surface area (Å²) in [4.78, 5) is 17.4. The number of aromatic nitrogens is 1. The monoisotopic (exact) mass is 410 g/mol. The number of carbonyl (C=O) groups is 1. The van der Waals surface area contributed by atoms with Crippen LogP contribution in [0, 0.1) is 5.82 Å². The standard InChI is InChI=1S/C23H23FN2O2S/c1-2-28-20-7-4-3-6-19(20)22-25-18(15-29-22)14-21(27)26-23(12-5-13-23)16-8-10-17(24)11-9-16/h3-4,6-11,15H,2,5,12-14H2,1H3,(H,26,27). The van der Waals surface area contributed by atoms with E-state index in [0.717, 1.165) is 46.8 Å². The zero-order valence-corrected chi connectivity index (χ0v) is 17.1. The van der Waals surface area contributed by atoms with E-state index in [9.17, 15) is 9.18 Å². The molecule has 0 saturated heterocycles. The average Bonchev–Trinajstić information content (AvgIpc) is 3.14. The molecular formula is C23H23FN2O2S. The molecule has 0 unspecified atom stereocenters. The smallest absolute Gasteiger partial charge is 0.226 e. The number of halogens is 1. The topological polar surface area (TPSA) is 51.2 Å². The number of hydrogen-bond donors (Lipinski definition) is 1. The summed E-state index contributed by atoms with van der Waals surface area (Å²) < 4.78 is 19.0. The fourth-order valence-electron chi connectivity index (χ4n) is 3.70. The molecule has 1 N–H and O–H groups in total. The van der Waals surface area contributed by atoms with E-state index < -0.39 is 0 Å². The molecular weight excluding hydrogens is 387 g/mol. The summed E-state index contributed by atoms with van der Waals surface area (Å²) >= 11 is 1.51. The summed E-state index contributed by atoms with van der Waals surface area (Å²) in [6, 6.07) is 14.2. The highest BCUT2D eigenvalue weighted by molar-refractivity contribution is 7.13. The van der Waals surface area contributed by atoms with Crippen molar-refractivity contribution in [1.29, 1.82) is 0 Å². The van der Waals surface area contributed by atoms with Gasteiger partial charge in [-0.2, -0.15) is 0 Å². The van der Waals surface area contributed by atoms with E-state index in [2.05, 4.69) is 10.3 Å². The lowest BCUT2D eigenvalue weighted by atomic mass is 9.71. The number of carbonyl (C=O) groups excluding carboxylic acids is 1. The molecule has 1 aliphatic carbocycles. The van der Waals surface area contributed by atoms with Crippen LogP contribution in [0.4, 0.5) is 4.39 Å². The van der Waals surface area contributed by atoms with Crippen LogP contribution in [0.25, 0.3) is 10.6 Å². The van der Waals surface area contributed by atoms with Crippen molar-refractivity contribution in [1.82, 2.24) is 10.3 Å². The van der Waals surface area contributed by atoms with E-state index in [4.69, 9.17) is 4.74 Å². The molecule has 1 aliphatic rings. The van der Waals surface area contributed by atoms with Gasteiger partial charge in [-0.1, -0.05) is 24.3 Å². The van der Waals surface area contributed by atoms with Crippen LogP contribution in [0.1, 0.15) is 37.4 Å². The third-order valence-electron chi connectivity index (χ3n) is 5.29. The molecule has 1 fully saturated rings. The molecule has 0 spiro atoms. The normalized spacial score (nSPS) is 14.8. The van der Waals surface area contributed by atoms with Gasteiger partial charge in [0, 0.05) is 5.38 Å². The lowest BCUT2D eigenvalue weighted by Gasteiger charge is -2.43. The van der Waals surface area contributed by atoms with E-state index in [-0.39, 0.29) is 23.7 Å². The first-order valence-electron chi connectivity index (χ1n) is 9.83. The molecule has 3 aromatic rings. The molecule has 1 amide bonds. The van der Waals surface area contributed by atoms with Crippen LogP contribution in [0.15, 0.2) is 53.9 Å². The van der Waals surface area contributed by atoms with Crippen molar-refractivity contribution in [2.45, 2.75) is 38.1 Å². The molecule has 4 rings (SSSR count). The zero-order chi connectivity index (χ0) is 20.3. The molecule has 29 heavy (non-hydrogen) atoms. The van der Waals surface area contributed by atoms with Gasteiger partial charge in [-0.05, 0) is 56.0 Å². The Balaban J connectivity index is 1.46. The number of ether oxygens (including phenoxy) is 1. The summed E-state index contributed by atoms with van der Waals surface area (Å²) in [5.41, 5.74) is 2.25. The Bertz CT molecular complexity index is 996. The molecule has 0 bridgehead atoms. The van der Waals surface area contributed by atoms with Gasteiger partial charge in [-0.25, -0.2) is 9.37 Å². The number of thiazole rings is 1. The summed E-state index contributed by atoms with van der Waals surface area (Å²) in [5, 5.41) is 5.93. The van der Waals surface area contributed by atoms with Gasteiger partial charge >= 0.3 is 0 Å². The first-order chi connectivity index (χ1) is 14.1. The van der Waals surface area contributed by atoms with Gasteiger partial charge in [0.05, 0.1) is 29.8 Å². The molecule has 0 aliphatic heterocycles. The fourth-order valence-corrected chi connectivity index (χ4v) is 4.55. The second-order valence-corrected chi connectivity index (χ2v) is 8.10. The van der Waals surface area contributed by atoms with E-state index >= 15 is 0 Å². The first-order valence-corrected chi connectivity index (χ1v) is 10.7. The highest BCUT2D eigenvalue weighted by Crippen LogP contribution is 2.41. The molecule has 1 aromatic heterocycles. The number of nitrogens with one attached hydrogen (secondary N) is 1. The number of rotatable bonds is 7. The maximum atomic E-state index is 13.3. The van der Waals surface area contributed by atoms with E-state index in [1.165, 1.54) is 23.5 Å². The average molecular weight is 411 g/mol. The second kappa shape index (κ2) is 8.33. The van der Waals surface area contributed by atoms with Crippen molar-refractivity contribution in [3.8, 4) is 16.3 Å². The Hall–Kier alpha value is -2.73. The lowest BCUT2D eigenvalue weighted by molar-refractivity contribution is -0.123. The highest BCUT2D eigenvalue weighted by atomic mass is 32.1. The van der Waals surface area contributed by atoms with Gasteiger partial charge in [0.1, 0.15) is 16.6 Å². The predicted molar refractivity (Wildman–Crippen MR) is 112 cm³/mol. The number of hydrogen-bond acceptors (Lipinski definition) is 4. The Kier molecular flexibility index (Phi) is 5.62. The third kappa shape index (κ3) is 4.17. The minimum Gasteiger partial charge on any atom is -0.493 e. The van der Waals surface area contributed by atoms with Gasteiger partial charge < -0.3 is 10.1 Å². The summed E-state index contributed by atoms with van der Waals surface area (Å²) in [6.45, 7) is 2.54. The van der Waals surface area contributed by atoms with Gasteiger partial charge in [0.25, 0.3) is 0 Å².